The molecular weight excluding hydrogens is 328 g/mol. The zero-order valence-electron chi connectivity index (χ0n) is 15.2. The van der Waals surface area contributed by atoms with E-state index in [-0.39, 0.29) is 12.0 Å². The minimum absolute atomic E-state index is 0.143. The highest BCUT2D eigenvalue weighted by atomic mass is 16.5. The van der Waals surface area contributed by atoms with Crippen molar-refractivity contribution in [2.24, 2.45) is 7.05 Å². The van der Waals surface area contributed by atoms with E-state index < -0.39 is 0 Å². The van der Waals surface area contributed by atoms with Crippen molar-refractivity contribution in [3.63, 3.8) is 0 Å². The number of aromatic nitrogens is 3. The molecule has 0 N–H and O–H groups in total. The predicted molar refractivity (Wildman–Crippen MR) is 100 cm³/mol. The van der Waals surface area contributed by atoms with Crippen LogP contribution in [0, 0.1) is 0 Å². The topological polar surface area (TPSA) is 52.4 Å². The number of hydrogen-bond acceptors (Lipinski definition) is 5. The maximum Gasteiger partial charge on any atom is 0.127 e. The molecule has 136 valence electrons. The van der Waals surface area contributed by atoms with Crippen LogP contribution in [0.3, 0.4) is 0 Å². The quantitative estimate of drug-likeness (QED) is 0.682. The Hall–Kier alpha value is -2.44. The summed E-state index contributed by atoms with van der Waals surface area (Å²) in [6.45, 7) is 3.31. The third kappa shape index (κ3) is 3.43. The first-order chi connectivity index (χ1) is 12.7. The molecule has 0 radical (unpaired) electrons. The molecule has 3 aromatic rings. The Balaban J connectivity index is 1.38. The van der Waals surface area contributed by atoms with E-state index in [0.29, 0.717) is 6.61 Å². The molecule has 2 atom stereocenters. The summed E-state index contributed by atoms with van der Waals surface area (Å²) in [5, 5.41) is 10.7. The summed E-state index contributed by atoms with van der Waals surface area (Å²) in [5.74, 6) is 1.20. The number of methoxy groups -OCH3 is 1. The third-order valence-electron chi connectivity index (χ3n) is 5.06. The summed E-state index contributed by atoms with van der Waals surface area (Å²) >= 11 is 0. The molecule has 0 saturated carbocycles. The molecule has 0 amide bonds. The van der Waals surface area contributed by atoms with Crippen LogP contribution in [0.15, 0.2) is 48.7 Å². The Kier molecular flexibility index (Phi) is 4.86. The van der Waals surface area contributed by atoms with Gasteiger partial charge in [0.05, 0.1) is 11.8 Å². The van der Waals surface area contributed by atoms with Gasteiger partial charge in [-0.1, -0.05) is 41.6 Å². The van der Waals surface area contributed by atoms with Gasteiger partial charge in [0.1, 0.15) is 12.4 Å². The van der Waals surface area contributed by atoms with Gasteiger partial charge in [-0.3, -0.25) is 9.58 Å². The molecule has 4 rings (SSSR count). The van der Waals surface area contributed by atoms with Crippen LogP contribution in [0.25, 0.3) is 10.8 Å². The summed E-state index contributed by atoms with van der Waals surface area (Å²) in [5.41, 5.74) is 0.997. The van der Waals surface area contributed by atoms with E-state index in [9.17, 15) is 0 Å². The second kappa shape index (κ2) is 7.43. The lowest BCUT2D eigenvalue weighted by Gasteiger charge is -2.16. The van der Waals surface area contributed by atoms with E-state index in [1.165, 1.54) is 5.39 Å². The lowest BCUT2D eigenvalue weighted by molar-refractivity contribution is 0.0948. The average Bonchev–Trinajstić information content (AvgIpc) is 3.28. The highest BCUT2D eigenvalue weighted by Crippen LogP contribution is 2.28. The van der Waals surface area contributed by atoms with Crippen molar-refractivity contribution < 1.29 is 9.47 Å². The average molecular weight is 352 g/mol. The highest BCUT2D eigenvalue weighted by molar-refractivity contribution is 5.88. The van der Waals surface area contributed by atoms with Crippen molar-refractivity contribution in [1.82, 2.24) is 19.9 Å². The van der Waals surface area contributed by atoms with Gasteiger partial charge in [0.25, 0.3) is 0 Å². The van der Waals surface area contributed by atoms with Gasteiger partial charge in [0.2, 0.25) is 0 Å². The molecule has 2 aromatic carbocycles. The minimum atomic E-state index is 0.143. The Labute approximate surface area is 153 Å². The Morgan fingerprint density at radius 3 is 2.77 bits per heavy atom. The maximum atomic E-state index is 6.08. The van der Waals surface area contributed by atoms with Crippen LogP contribution in [-0.4, -0.2) is 59.3 Å². The molecule has 6 heteroatoms. The van der Waals surface area contributed by atoms with E-state index in [4.69, 9.17) is 9.47 Å². The zero-order valence-corrected chi connectivity index (χ0v) is 15.2. The smallest absolute Gasteiger partial charge is 0.127 e. The van der Waals surface area contributed by atoms with Crippen molar-refractivity contribution in [2.45, 2.75) is 12.0 Å². The molecule has 1 aliphatic rings. The molecule has 1 aromatic heterocycles. The van der Waals surface area contributed by atoms with Crippen molar-refractivity contribution in [1.29, 1.82) is 0 Å². The largest absolute Gasteiger partial charge is 0.492 e. The Bertz CT molecular complexity index is 874. The van der Waals surface area contributed by atoms with Gasteiger partial charge < -0.3 is 9.47 Å². The lowest BCUT2D eigenvalue weighted by atomic mass is 10.0. The van der Waals surface area contributed by atoms with Gasteiger partial charge in [0, 0.05) is 51.3 Å². The van der Waals surface area contributed by atoms with Crippen LogP contribution in [0.4, 0.5) is 0 Å². The Morgan fingerprint density at radius 1 is 1.12 bits per heavy atom. The second-order valence-corrected chi connectivity index (χ2v) is 6.78. The van der Waals surface area contributed by atoms with Crippen molar-refractivity contribution >= 4 is 10.8 Å². The molecular formula is C20H24N4O2. The predicted octanol–water partition coefficient (Wildman–Crippen LogP) is 2.46. The molecule has 1 saturated heterocycles. The number of benzene rings is 2. The summed E-state index contributed by atoms with van der Waals surface area (Å²) in [4.78, 5) is 2.37. The molecule has 0 unspecified atom stereocenters. The van der Waals surface area contributed by atoms with Crippen LogP contribution in [0.2, 0.25) is 0 Å². The SMILES string of the molecule is CO[C@@H]1CN(CCOc2cccc3ccccc23)C[C@H]1c1cn(C)nn1. The minimum Gasteiger partial charge on any atom is -0.492 e. The number of ether oxygens (including phenoxy) is 2. The monoisotopic (exact) mass is 352 g/mol. The van der Waals surface area contributed by atoms with E-state index in [1.807, 2.05) is 37.5 Å². The fourth-order valence-corrected chi connectivity index (χ4v) is 3.70. The van der Waals surface area contributed by atoms with Crippen molar-refractivity contribution in [3.8, 4) is 5.75 Å². The van der Waals surface area contributed by atoms with Gasteiger partial charge >= 0.3 is 0 Å². The standard InChI is InChI=1S/C20H24N4O2/c1-23-13-18(21-22-23)17-12-24(14-20(17)25-2)10-11-26-19-9-5-7-15-6-3-4-8-16(15)19/h3-9,13,17,20H,10-12,14H2,1-2H3/t17-,20+/m0/s1. The van der Waals surface area contributed by atoms with Crippen LogP contribution >= 0.6 is 0 Å². The molecule has 2 heterocycles. The maximum absolute atomic E-state index is 6.08. The molecule has 0 spiro atoms. The van der Waals surface area contributed by atoms with E-state index in [1.54, 1.807) is 11.8 Å². The van der Waals surface area contributed by atoms with Gasteiger partial charge in [-0.15, -0.1) is 5.10 Å². The number of nitrogens with zero attached hydrogens (tertiary/aromatic N) is 4. The van der Waals surface area contributed by atoms with Gasteiger partial charge in [0.15, 0.2) is 0 Å². The summed E-state index contributed by atoms with van der Waals surface area (Å²) < 4.78 is 13.5. The van der Waals surface area contributed by atoms with Gasteiger partial charge in [-0.2, -0.15) is 0 Å². The van der Waals surface area contributed by atoms with Crippen LogP contribution in [-0.2, 0) is 11.8 Å². The molecule has 1 aliphatic heterocycles. The van der Waals surface area contributed by atoms with E-state index in [0.717, 1.165) is 36.5 Å². The van der Waals surface area contributed by atoms with Crippen LogP contribution in [0.5, 0.6) is 5.75 Å². The number of aryl methyl sites for hydroxylation is 1. The zero-order chi connectivity index (χ0) is 17.9. The first kappa shape index (κ1) is 17.0. The van der Waals surface area contributed by atoms with Gasteiger partial charge in [-0.05, 0) is 11.5 Å². The first-order valence-electron chi connectivity index (χ1n) is 8.96. The molecule has 0 aliphatic carbocycles. The first-order valence-corrected chi connectivity index (χ1v) is 8.96. The number of likely N-dealkylation sites (tertiary alicyclic amines) is 1. The highest BCUT2D eigenvalue weighted by Gasteiger charge is 2.35. The van der Waals surface area contributed by atoms with Crippen LogP contribution < -0.4 is 4.74 Å². The normalized spacial score (nSPS) is 20.7. The number of fused-ring (bicyclic) bond motifs is 1. The van der Waals surface area contributed by atoms with E-state index >= 15 is 0 Å². The van der Waals surface area contributed by atoms with Gasteiger partial charge in [-0.25, -0.2) is 0 Å². The molecule has 0 bridgehead atoms. The van der Waals surface area contributed by atoms with Crippen molar-refractivity contribution in [3.05, 3.63) is 54.4 Å². The number of hydrogen-bond donors (Lipinski definition) is 0. The fourth-order valence-electron chi connectivity index (χ4n) is 3.70. The second-order valence-electron chi connectivity index (χ2n) is 6.78. The molecule has 6 nitrogen and oxygen atoms in total. The van der Waals surface area contributed by atoms with Crippen molar-refractivity contribution in [2.75, 3.05) is 33.4 Å². The fraction of sp³-hybridized carbons (Fsp3) is 0.400. The summed E-state index contributed by atoms with van der Waals surface area (Å²) in [7, 11) is 3.66. The molecule has 26 heavy (non-hydrogen) atoms. The molecule has 1 fully saturated rings. The summed E-state index contributed by atoms with van der Waals surface area (Å²) in [6.07, 6.45) is 2.12. The van der Waals surface area contributed by atoms with E-state index in [2.05, 4.69) is 33.4 Å². The van der Waals surface area contributed by atoms with Crippen LogP contribution in [0.1, 0.15) is 11.6 Å². The number of rotatable bonds is 6. The third-order valence-corrected chi connectivity index (χ3v) is 5.06. The summed E-state index contributed by atoms with van der Waals surface area (Å²) in [6, 6.07) is 14.5. The Morgan fingerprint density at radius 2 is 1.96 bits per heavy atom. The lowest BCUT2D eigenvalue weighted by Crippen LogP contribution is -2.27.